The molecule has 0 saturated carbocycles. The van der Waals surface area contributed by atoms with E-state index in [2.05, 4.69) is 38.2 Å². The highest BCUT2D eigenvalue weighted by Gasteiger charge is 2.14. The first-order chi connectivity index (χ1) is 7.45. The molecule has 0 aromatic heterocycles. The summed E-state index contributed by atoms with van der Waals surface area (Å²) in [4.78, 5) is 11.9. The molecule has 0 radical (unpaired) electrons. The van der Waals surface area contributed by atoms with Gasteiger partial charge in [-0.15, -0.1) is 0 Å². The summed E-state index contributed by atoms with van der Waals surface area (Å²) in [6.45, 7) is 8.14. The lowest BCUT2D eigenvalue weighted by Crippen LogP contribution is -2.32. The average Bonchev–Trinajstić information content (AvgIpc) is 2.21. The summed E-state index contributed by atoms with van der Waals surface area (Å²) >= 11 is 0. The quantitative estimate of drug-likeness (QED) is 0.842. The van der Waals surface area contributed by atoms with Gasteiger partial charge in [0.2, 0.25) is 0 Å². The van der Waals surface area contributed by atoms with Crippen LogP contribution in [0, 0.1) is 20.8 Å². The van der Waals surface area contributed by atoms with Crippen molar-refractivity contribution >= 4 is 5.78 Å². The van der Waals surface area contributed by atoms with Crippen molar-refractivity contribution in [1.29, 1.82) is 0 Å². The number of rotatable bonds is 4. The van der Waals surface area contributed by atoms with E-state index in [1.165, 1.54) is 22.3 Å². The molecule has 1 aromatic rings. The zero-order valence-corrected chi connectivity index (χ0v) is 10.8. The molecule has 0 fully saturated rings. The van der Waals surface area contributed by atoms with Gasteiger partial charge in [0.05, 0.1) is 6.04 Å². The molecule has 88 valence electrons. The second-order valence-electron chi connectivity index (χ2n) is 4.53. The molecule has 0 amide bonds. The first kappa shape index (κ1) is 12.9. The van der Waals surface area contributed by atoms with Crippen LogP contribution in [0.2, 0.25) is 0 Å². The topological polar surface area (TPSA) is 29.1 Å². The fourth-order valence-corrected chi connectivity index (χ4v) is 1.98. The van der Waals surface area contributed by atoms with Crippen molar-refractivity contribution in [3.05, 3.63) is 34.4 Å². The van der Waals surface area contributed by atoms with Crippen LogP contribution < -0.4 is 5.32 Å². The molecule has 1 rings (SSSR count). The molecule has 1 aromatic carbocycles. The lowest BCUT2D eigenvalue weighted by molar-refractivity contribution is -0.119. The van der Waals surface area contributed by atoms with Crippen molar-refractivity contribution in [2.75, 3.05) is 7.05 Å². The predicted octanol–water partition coefficient (Wildman–Crippen LogP) is 2.33. The van der Waals surface area contributed by atoms with Gasteiger partial charge >= 0.3 is 0 Å². The van der Waals surface area contributed by atoms with Gasteiger partial charge in [0.25, 0.3) is 0 Å². The number of hydrogen-bond acceptors (Lipinski definition) is 2. The Morgan fingerprint density at radius 3 is 2.19 bits per heavy atom. The van der Waals surface area contributed by atoms with Crippen LogP contribution in [0.1, 0.15) is 29.2 Å². The van der Waals surface area contributed by atoms with Gasteiger partial charge in [0.1, 0.15) is 0 Å². The van der Waals surface area contributed by atoms with Gasteiger partial charge in [-0.2, -0.15) is 0 Å². The van der Waals surface area contributed by atoms with Crippen LogP contribution in [0.3, 0.4) is 0 Å². The molecule has 0 aliphatic rings. The van der Waals surface area contributed by atoms with Crippen molar-refractivity contribution in [1.82, 2.24) is 5.32 Å². The SMILES string of the molecule is CNC(C)C(=O)Cc1c(C)cc(C)cc1C. The van der Waals surface area contributed by atoms with E-state index in [1.807, 2.05) is 14.0 Å². The third-order valence-electron chi connectivity index (χ3n) is 3.11. The molecule has 1 N–H and O–H groups in total. The van der Waals surface area contributed by atoms with Gasteiger partial charge in [-0.25, -0.2) is 0 Å². The van der Waals surface area contributed by atoms with E-state index in [9.17, 15) is 4.79 Å². The molecule has 0 heterocycles. The summed E-state index contributed by atoms with van der Waals surface area (Å²) < 4.78 is 0. The molecule has 0 aliphatic carbocycles. The van der Waals surface area contributed by atoms with E-state index < -0.39 is 0 Å². The lowest BCUT2D eigenvalue weighted by atomic mass is 9.94. The lowest BCUT2D eigenvalue weighted by Gasteiger charge is -2.13. The average molecular weight is 219 g/mol. The maximum atomic E-state index is 11.9. The minimum Gasteiger partial charge on any atom is -0.311 e. The molecular weight excluding hydrogens is 198 g/mol. The second-order valence-corrected chi connectivity index (χ2v) is 4.53. The molecule has 16 heavy (non-hydrogen) atoms. The van der Waals surface area contributed by atoms with E-state index in [0.717, 1.165) is 0 Å². The van der Waals surface area contributed by atoms with Crippen molar-refractivity contribution in [2.24, 2.45) is 0 Å². The van der Waals surface area contributed by atoms with Crippen molar-refractivity contribution in [3.8, 4) is 0 Å². The van der Waals surface area contributed by atoms with Gasteiger partial charge in [-0.05, 0) is 51.4 Å². The van der Waals surface area contributed by atoms with Gasteiger partial charge < -0.3 is 5.32 Å². The van der Waals surface area contributed by atoms with Gasteiger partial charge in [0, 0.05) is 6.42 Å². The smallest absolute Gasteiger partial charge is 0.153 e. The summed E-state index contributed by atoms with van der Waals surface area (Å²) in [5, 5.41) is 2.99. The normalized spacial score (nSPS) is 12.6. The molecular formula is C14H21NO. The molecule has 0 aliphatic heterocycles. The van der Waals surface area contributed by atoms with Crippen molar-refractivity contribution in [2.45, 2.75) is 40.2 Å². The van der Waals surface area contributed by atoms with Crippen LogP contribution in [0.4, 0.5) is 0 Å². The van der Waals surface area contributed by atoms with E-state index in [4.69, 9.17) is 0 Å². The van der Waals surface area contributed by atoms with Gasteiger partial charge in [-0.1, -0.05) is 17.7 Å². The summed E-state index contributed by atoms with van der Waals surface area (Å²) in [5.41, 5.74) is 4.87. The van der Waals surface area contributed by atoms with Crippen LogP contribution in [-0.4, -0.2) is 18.9 Å². The first-order valence-electron chi connectivity index (χ1n) is 5.72. The third kappa shape index (κ3) is 2.92. The highest BCUT2D eigenvalue weighted by Crippen LogP contribution is 2.17. The summed E-state index contributed by atoms with van der Waals surface area (Å²) in [6, 6.07) is 4.21. The Labute approximate surface area is 98.1 Å². The Hall–Kier alpha value is -1.15. The maximum Gasteiger partial charge on any atom is 0.153 e. The van der Waals surface area contributed by atoms with Gasteiger partial charge in [0.15, 0.2) is 5.78 Å². The number of aryl methyl sites for hydroxylation is 3. The van der Waals surface area contributed by atoms with E-state index in [0.29, 0.717) is 6.42 Å². The highest BCUT2D eigenvalue weighted by atomic mass is 16.1. The van der Waals surface area contributed by atoms with Crippen molar-refractivity contribution in [3.63, 3.8) is 0 Å². The van der Waals surface area contributed by atoms with Crippen LogP contribution in [0.5, 0.6) is 0 Å². The minimum absolute atomic E-state index is 0.0693. The van der Waals surface area contributed by atoms with Crippen molar-refractivity contribution < 1.29 is 4.79 Å². The van der Waals surface area contributed by atoms with E-state index in [-0.39, 0.29) is 11.8 Å². The Morgan fingerprint density at radius 2 is 1.75 bits per heavy atom. The zero-order valence-electron chi connectivity index (χ0n) is 10.8. The second kappa shape index (κ2) is 5.26. The Morgan fingerprint density at radius 1 is 1.25 bits per heavy atom. The fourth-order valence-electron chi connectivity index (χ4n) is 1.98. The number of carbonyl (C=O) groups excluding carboxylic acids is 1. The monoisotopic (exact) mass is 219 g/mol. The number of hydrogen-bond donors (Lipinski definition) is 1. The molecule has 0 spiro atoms. The Bertz CT molecular complexity index is 373. The van der Waals surface area contributed by atoms with Crippen LogP contribution in [-0.2, 0) is 11.2 Å². The first-order valence-corrected chi connectivity index (χ1v) is 5.72. The Balaban J connectivity index is 2.93. The largest absolute Gasteiger partial charge is 0.311 e. The molecule has 0 saturated heterocycles. The summed E-state index contributed by atoms with van der Waals surface area (Å²) in [6.07, 6.45) is 0.528. The fraction of sp³-hybridized carbons (Fsp3) is 0.500. The number of ketones is 1. The summed E-state index contributed by atoms with van der Waals surface area (Å²) in [7, 11) is 1.82. The predicted molar refractivity (Wildman–Crippen MR) is 67.9 cm³/mol. The van der Waals surface area contributed by atoms with E-state index in [1.54, 1.807) is 0 Å². The minimum atomic E-state index is -0.0693. The summed E-state index contributed by atoms with van der Waals surface area (Å²) in [5.74, 6) is 0.248. The third-order valence-corrected chi connectivity index (χ3v) is 3.11. The zero-order chi connectivity index (χ0) is 12.3. The van der Waals surface area contributed by atoms with Crippen LogP contribution in [0.25, 0.3) is 0 Å². The molecule has 2 heteroatoms. The standard InChI is InChI=1S/C14H21NO/c1-9-6-10(2)13(11(3)7-9)8-14(16)12(4)15-5/h6-7,12,15H,8H2,1-5H3. The number of benzene rings is 1. The molecule has 1 unspecified atom stereocenters. The molecule has 0 bridgehead atoms. The molecule has 2 nitrogen and oxygen atoms in total. The number of likely N-dealkylation sites (N-methyl/N-ethyl adjacent to an activating group) is 1. The molecule has 1 atom stereocenters. The number of Topliss-reactive ketones (excluding diaryl/α,β-unsaturated/α-hetero) is 1. The van der Waals surface area contributed by atoms with E-state index >= 15 is 0 Å². The van der Waals surface area contributed by atoms with Crippen LogP contribution >= 0.6 is 0 Å². The number of carbonyl (C=O) groups is 1. The van der Waals surface area contributed by atoms with Crippen LogP contribution in [0.15, 0.2) is 12.1 Å². The maximum absolute atomic E-state index is 11.9. The number of nitrogens with one attached hydrogen (secondary N) is 1. The van der Waals surface area contributed by atoms with Gasteiger partial charge in [-0.3, -0.25) is 4.79 Å². The highest BCUT2D eigenvalue weighted by molar-refractivity contribution is 5.86. The Kier molecular flexibility index (Phi) is 4.25.